The van der Waals surface area contributed by atoms with Gasteiger partial charge >= 0.3 is 0 Å². The fourth-order valence-corrected chi connectivity index (χ4v) is 3.78. The Morgan fingerprint density at radius 3 is 2.71 bits per heavy atom. The molecule has 4 rings (SSSR count). The molecule has 1 amide bonds. The Labute approximate surface area is 165 Å². The van der Waals surface area contributed by atoms with Crippen molar-refractivity contribution in [2.75, 3.05) is 0 Å². The normalized spacial score (nSPS) is 12.5. The van der Waals surface area contributed by atoms with Crippen molar-refractivity contribution in [3.05, 3.63) is 89.2 Å². The summed E-state index contributed by atoms with van der Waals surface area (Å²) in [6.45, 7) is 0. The third kappa shape index (κ3) is 3.84. The molecule has 1 N–H and O–H groups in total. The van der Waals surface area contributed by atoms with Gasteiger partial charge in [-0.1, -0.05) is 24.3 Å². The summed E-state index contributed by atoms with van der Waals surface area (Å²) in [6, 6.07) is 13.4. The van der Waals surface area contributed by atoms with E-state index in [9.17, 15) is 9.18 Å². The van der Waals surface area contributed by atoms with Crippen LogP contribution in [0.3, 0.4) is 0 Å². The number of aromatic nitrogens is 3. The van der Waals surface area contributed by atoms with E-state index in [-0.39, 0.29) is 11.7 Å². The predicted molar refractivity (Wildman–Crippen MR) is 108 cm³/mol. The first-order chi connectivity index (χ1) is 13.6. The molecule has 0 saturated heterocycles. The fraction of sp³-hybridized carbons (Fsp3) is 0.0952. The molecule has 2 aromatic heterocycles. The summed E-state index contributed by atoms with van der Waals surface area (Å²) in [5, 5.41) is 3.70. The monoisotopic (exact) mass is 392 g/mol. The molecule has 140 valence electrons. The average molecular weight is 392 g/mol. The van der Waals surface area contributed by atoms with Crippen molar-refractivity contribution in [1.29, 1.82) is 0 Å². The third-order valence-corrected chi connectivity index (χ3v) is 5.30. The number of para-hydroxylation sites is 1. The Morgan fingerprint density at radius 2 is 2.00 bits per heavy atom. The number of hydrogen-bond acceptors (Lipinski definition) is 4. The van der Waals surface area contributed by atoms with Crippen molar-refractivity contribution in [2.45, 2.75) is 6.04 Å². The number of nitrogens with zero attached hydrogens (tertiary/aromatic N) is 3. The quantitative estimate of drug-likeness (QED) is 0.521. The molecular weight excluding hydrogens is 375 g/mol. The summed E-state index contributed by atoms with van der Waals surface area (Å²) in [6.07, 6.45) is 6.61. The van der Waals surface area contributed by atoms with Crippen LogP contribution in [0.2, 0.25) is 0 Å². The number of carbonyl (C=O) groups excluding carboxylic acids is 1. The lowest BCUT2D eigenvalue weighted by Gasteiger charge is -2.18. The first-order valence-electron chi connectivity index (χ1n) is 8.67. The Balaban J connectivity index is 1.56. The summed E-state index contributed by atoms with van der Waals surface area (Å²) < 4.78 is 16.2. The minimum atomic E-state index is -0.492. The van der Waals surface area contributed by atoms with Gasteiger partial charge in [-0.3, -0.25) is 4.79 Å². The van der Waals surface area contributed by atoms with Gasteiger partial charge in [0.2, 0.25) is 5.91 Å². The van der Waals surface area contributed by atoms with E-state index in [1.807, 2.05) is 35.9 Å². The largest absolute Gasteiger partial charge is 0.339 e. The molecule has 0 fully saturated rings. The number of hydrogen-bond donors (Lipinski definition) is 1. The first kappa shape index (κ1) is 18.1. The topological polar surface area (TPSA) is 59.8 Å². The maximum atomic E-state index is 13.3. The number of halogens is 1. The SMILES string of the molecule is Cn1ccnc1C(NC(=O)/C=C/c1nc2ccccc2s1)c1ccc(F)cc1. The predicted octanol–water partition coefficient (Wildman–Crippen LogP) is 4.09. The van der Waals surface area contributed by atoms with Crippen LogP contribution in [0.4, 0.5) is 4.39 Å². The Kier molecular flexibility index (Phi) is 4.99. The molecule has 28 heavy (non-hydrogen) atoms. The Morgan fingerprint density at radius 1 is 1.21 bits per heavy atom. The van der Waals surface area contributed by atoms with Crippen LogP contribution in [-0.2, 0) is 11.8 Å². The first-order valence-corrected chi connectivity index (χ1v) is 9.48. The van der Waals surface area contributed by atoms with Crippen molar-refractivity contribution in [3.8, 4) is 0 Å². The molecule has 1 atom stereocenters. The summed E-state index contributed by atoms with van der Waals surface area (Å²) in [4.78, 5) is 21.4. The second kappa shape index (κ2) is 7.74. The molecule has 0 bridgehead atoms. The highest BCUT2D eigenvalue weighted by Crippen LogP contribution is 2.23. The molecule has 2 heterocycles. The maximum absolute atomic E-state index is 13.3. The van der Waals surface area contributed by atoms with Crippen LogP contribution in [0.1, 0.15) is 22.4 Å². The van der Waals surface area contributed by atoms with Gasteiger partial charge in [0.05, 0.1) is 10.2 Å². The lowest BCUT2D eigenvalue weighted by Crippen LogP contribution is -2.29. The minimum Gasteiger partial charge on any atom is -0.339 e. The molecular formula is C21H17FN4OS. The van der Waals surface area contributed by atoms with E-state index in [2.05, 4.69) is 15.3 Å². The van der Waals surface area contributed by atoms with Crippen LogP contribution in [-0.4, -0.2) is 20.4 Å². The van der Waals surface area contributed by atoms with E-state index in [0.29, 0.717) is 5.82 Å². The van der Waals surface area contributed by atoms with Crippen molar-refractivity contribution in [2.24, 2.45) is 7.05 Å². The van der Waals surface area contributed by atoms with E-state index in [1.54, 1.807) is 30.6 Å². The van der Waals surface area contributed by atoms with Gasteiger partial charge in [0.1, 0.15) is 22.7 Å². The molecule has 0 aliphatic carbocycles. The van der Waals surface area contributed by atoms with Crippen LogP contribution < -0.4 is 5.32 Å². The standard InChI is InChI=1S/C21H17FN4OS/c1-26-13-12-23-21(26)20(14-6-8-15(22)9-7-14)25-18(27)10-11-19-24-16-4-2-3-5-17(16)28-19/h2-13,20H,1H3,(H,25,27)/b11-10+. The molecule has 0 spiro atoms. The molecule has 4 aromatic rings. The number of fused-ring (bicyclic) bond motifs is 1. The number of amides is 1. The Hall–Kier alpha value is -3.32. The van der Waals surface area contributed by atoms with Gasteiger partial charge in [0.15, 0.2) is 0 Å². The number of imidazole rings is 1. The fourth-order valence-electron chi connectivity index (χ4n) is 2.91. The van der Waals surface area contributed by atoms with Crippen LogP contribution in [0.5, 0.6) is 0 Å². The summed E-state index contributed by atoms with van der Waals surface area (Å²) in [7, 11) is 1.85. The highest BCUT2D eigenvalue weighted by molar-refractivity contribution is 7.19. The molecule has 0 saturated carbocycles. The van der Waals surface area contributed by atoms with E-state index in [1.165, 1.54) is 29.5 Å². The van der Waals surface area contributed by atoms with Crippen LogP contribution in [0.25, 0.3) is 16.3 Å². The van der Waals surface area contributed by atoms with E-state index in [0.717, 1.165) is 20.8 Å². The van der Waals surface area contributed by atoms with Gasteiger partial charge in [0, 0.05) is 25.5 Å². The third-order valence-electron chi connectivity index (χ3n) is 4.29. The van der Waals surface area contributed by atoms with Gasteiger partial charge < -0.3 is 9.88 Å². The maximum Gasteiger partial charge on any atom is 0.244 e. The zero-order valence-electron chi connectivity index (χ0n) is 15.0. The van der Waals surface area contributed by atoms with Gasteiger partial charge in [-0.05, 0) is 35.9 Å². The number of benzene rings is 2. The average Bonchev–Trinajstić information content (AvgIpc) is 3.31. The summed E-state index contributed by atoms with van der Waals surface area (Å²) in [5.41, 5.74) is 1.65. The minimum absolute atomic E-state index is 0.281. The number of carbonyl (C=O) groups is 1. The Bertz CT molecular complexity index is 1110. The molecule has 0 aliphatic rings. The highest BCUT2D eigenvalue weighted by atomic mass is 32.1. The van der Waals surface area contributed by atoms with Crippen LogP contribution in [0, 0.1) is 5.82 Å². The summed E-state index contributed by atoms with van der Waals surface area (Å²) in [5.74, 6) is 0.0503. The smallest absolute Gasteiger partial charge is 0.244 e. The van der Waals surface area contributed by atoms with E-state index in [4.69, 9.17) is 0 Å². The van der Waals surface area contributed by atoms with Crippen molar-refractivity contribution >= 4 is 33.5 Å². The zero-order chi connectivity index (χ0) is 19.5. The van der Waals surface area contributed by atoms with Crippen molar-refractivity contribution in [3.63, 3.8) is 0 Å². The van der Waals surface area contributed by atoms with E-state index >= 15 is 0 Å². The molecule has 7 heteroatoms. The molecule has 1 unspecified atom stereocenters. The van der Waals surface area contributed by atoms with Gasteiger partial charge in [0.25, 0.3) is 0 Å². The number of rotatable bonds is 5. The number of nitrogens with one attached hydrogen (secondary N) is 1. The zero-order valence-corrected chi connectivity index (χ0v) is 15.9. The second-order valence-corrected chi connectivity index (χ2v) is 7.30. The number of thiazole rings is 1. The molecule has 0 radical (unpaired) electrons. The van der Waals surface area contributed by atoms with Crippen LogP contribution >= 0.6 is 11.3 Å². The molecule has 5 nitrogen and oxygen atoms in total. The van der Waals surface area contributed by atoms with Crippen LogP contribution in [0.15, 0.2) is 67.0 Å². The second-order valence-electron chi connectivity index (χ2n) is 6.24. The highest BCUT2D eigenvalue weighted by Gasteiger charge is 2.20. The lowest BCUT2D eigenvalue weighted by molar-refractivity contribution is -0.117. The summed E-state index contributed by atoms with van der Waals surface area (Å²) >= 11 is 1.52. The van der Waals surface area contributed by atoms with E-state index < -0.39 is 6.04 Å². The molecule has 2 aromatic carbocycles. The number of aryl methyl sites for hydroxylation is 1. The van der Waals surface area contributed by atoms with Gasteiger partial charge in [-0.2, -0.15) is 0 Å². The van der Waals surface area contributed by atoms with Crippen molar-refractivity contribution in [1.82, 2.24) is 19.9 Å². The van der Waals surface area contributed by atoms with Crippen molar-refractivity contribution < 1.29 is 9.18 Å². The lowest BCUT2D eigenvalue weighted by atomic mass is 10.1. The molecule has 0 aliphatic heterocycles. The van der Waals surface area contributed by atoms with Gasteiger partial charge in [-0.15, -0.1) is 11.3 Å². The van der Waals surface area contributed by atoms with Gasteiger partial charge in [-0.25, -0.2) is 14.4 Å².